The summed E-state index contributed by atoms with van der Waals surface area (Å²) in [5.74, 6) is 1.72. The van der Waals surface area contributed by atoms with E-state index in [1.54, 1.807) is 25.4 Å². The molecule has 7 nitrogen and oxygen atoms in total. The van der Waals surface area contributed by atoms with E-state index < -0.39 is 0 Å². The third kappa shape index (κ3) is 7.16. The Kier molecular flexibility index (Phi) is 10.3. The third-order valence-corrected chi connectivity index (χ3v) is 5.66. The second-order valence-electron chi connectivity index (χ2n) is 7.39. The molecule has 1 saturated carbocycles. The Labute approximate surface area is 195 Å². The van der Waals surface area contributed by atoms with Crippen molar-refractivity contribution in [2.75, 3.05) is 33.3 Å². The number of carbonyl (C=O) groups excluding carboxylic acids is 1. The predicted molar refractivity (Wildman–Crippen MR) is 126 cm³/mol. The molecule has 1 unspecified atom stereocenters. The van der Waals surface area contributed by atoms with Crippen molar-refractivity contribution in [3.8, 4) is 5.88 Å². The fraction of sp³-hybridized carbons (Fsp3) is 0.650. The Hall–Kier alpha value is -1.29. The van der Waals surface area contributed by atoms with Gasteiger partial charge in [0.25, 0.3) is 0 Å². The van der Waals surface area contributed by atoms with Crippen LogP contribution in [0.4, 0.5) is 0 Å². The van der Waals surface area contributed by atoms with Crippen LogP contribution in [0.25, 0.3) is 0 Å². The molecule has 9 heteroatoms. The van der Waals surface area contributed by atoms with Crippen molar-refractivity contribution in [1.82, 2.24) is 20.5 Å². The summed E-state index contributed by atoms with van der Waals surface area (Å²) in [4.78, 5) is 23.1. The molecule has 2 aliphatic rings. The summed E-state index contributed by atoms with van der Waals surface area (Å²) in [6.07, 6.45) is 8.34. The van der Waals surface area contributed by atoms with Crippen molar-refractivity contribution in [2.24, 2.45) is 10.9 Å². The minimum Gasteiger partial charge on any atom is -0.475 e. The van der Waals surface area contributed by atoms with Crippen LogP contribution in [-0.2, 0) is 4.79 Å². The summed E-state index contributed by atoms with van der Waals surface area (Å²) in [5, 5.41) is 7.14. The Bertz CT molecular complexity index is 685. The molecule has 1 amide bonds. The number of likely N-dealkylation sites (tertiary alicyclic amines) is 1. The Balaban J connectivity index is 0.00000300. The van der Waals surface area contributed by atoms with Crippen LogP contribution in [0.2, 0.25) is 5.02 Å². The summed E-state index contributed by atoms with van der Waals surface area (Å²) in [6.45, 7) is 2.57. The lowest BCUT2D eigenvalue weighted by molar-refractivity contribution is -0.135. The fourth-order valence-electron chi connectivity index (χ4n) is 3.87. The summed E-state index contributed by atoms with van der Waals surface area (Å²) >= 11 is 6.03. The molecule has 1 atom stereocenters. The number of aromatic nitrogens is 1. The van der Waals surface area contributed by atoms with Crippen molar-refractivity contribution in [3.05, 3.63) is 23.4 Å². The molecule has 0 spiro atoms. The van der Waals surface area contributed by atoms with E-state index in [0.29, 0.717) is 35.9 Å². The fourth-order valence-corrected chi connectivity index (χ4v) is 4.04. The minimum absolute atomic E-state index is 0. The molecule has 1 aliphatic heterocycles. The van der Waals surface area contributed by atoms with E-state index in [4.69, 9.17) is 16.3 Å². The summed E-state index contributed by atoms with van der Waals surface area (Å²) in [5.41, 5.74) is 0. The van der Waals surface area contributed by atoms with Gasteiger partial charge >= 0.3 is 0 Å². The number of halogens is 2. The first kappa shape index (κ1) is 24.0. The lowest BCUT2D eigenvalue weighted by Crippen LogP contribution is -2.46. The van der Waals surface area contributed by atoms with Gasteiger partial charge in [-0.25, -0.2) is 4.98 Å². The largest absolute Gasteiger partial charge is 0.475 e. The SMILES string of the molecule is CN=C(NCCOc1ncccc1Cl)NC1CCN(C(=O)C2CCCCC2)C1.I. The standard InChI is InChI=1S/C20H30ClN5O2.HI/c1-22-20(24-11-13-28-18-17(21)8-5-10-23-18)25-16-9-12-26(14-16)19(27)15-6-3-2-4-7-15;/h5,8,10,15-16H,2-4,6-7,9,11-14H2,1H3,(H2,22,24,25);1H. The molecule has 1 saturated heterocycles. The van der Waals surface area contributed by atoms with Crippen LogP contribution in [0.15, 0.2) is 23.3 Å². The molecule has 1 aliphatic carbocycles. The normalized spacial score (nSPS) is 20.1. The maximum atomic E-state index is 12.7. The van der Waals surface area contributed by atoms with Crippen LogP contribution in [0.1, 0.15) is 38.5 Å². The summed E-state index contributed by atoms with van der Waals surface area (Å²) in [6, 6.07) is 3.74. The van der Waals surface area contributed by atoms with Crippen molar-refractivity contribution in [3.63, 3.8) is 0 Å². The Morgan fingerprint density at radius 1 is 1.34 bits per heavy atom. The van der Waals surface area contributed by atoms with Crippen LogP contribution < -0.4 is 15.4 Å². The molecule has 162 valence electrons. The number of nitrogens with zero attached hydrogens (tertiary/aromatic N) is 3. The molecular formula is C20H31ClIN5O2. The number of rotatable bonds is 6. The smallest absolute Gasteiger partial charge is 0.232 e. The van der Waals surface area contributed by atoms with Gasteiger partial charge in [-0.3, -0.25) is 9.79 Å². The summed E-state index contributed by atoms with van der Waals surface area (Å²) < 4.78 is 5.58. The van der Waals surface area contributed by atoms with E-state index in [1.165, 1.54) is 19.3 Å². The van der Waals surface area contributed by atoms with Gasteiger partial charge in [-0.2, -0.15) is 0 Å². The molecule has 0 radical (unpaired) electrons. The molecular weight excluding hydrogens is 505 g/mol. The highest BCUT2D eigenvalue weighted by molar-refractivity contribution is 14.0. The van der Waals surface area contributed by atoms with Gasteiger partial charge in [-0.05, 0) is 31.4 Å². The van der Waals surface area contributed by atoms with Crippen molar-refractivity contribution < 1.29 is 9.53 Å². The van der Waals surface area contributed by atoms with Gasteiger partial charge in [0.2, 0.25) is 11.8 Å². The highest BCUT2D eigenvalue weighted by Crippen LogP contribution is 2.26. The molecule has 1 aromatic heterocycles. The zero-order valence-electron chi connectivity index (χ0n) is 16.9. The van der Waals surface area contributed by atoms with Gasteiger partial charge < -0.3 is 20.3 Å². The molecule has 0 bridgehead atoms. The highest BCUT2D eigenvalue weighted by Gasteiger charge is 2.31. The van der Waals surface area contributed by atoms with E-state index in [-0.39, 0.29) is 35.9 Å². The second-order valence-corrected chi connectivity index (χ2v) is 7.79. The van der Waals surface area contributed by atoms with E-state index >= 15 is 0 Å². The van der Waals surface area contributed by atoms with Gasteiger partial charge in [0.1, 0.15) is 11.6 Å². The maximum Gasteiger partial charge on any atom is 0.232 e. The lowest BCUT2D eigenvalue weighted by Gasteiger charge is -2.26. The number of aliphatic imine (C=N–C) groups is 1. The van der Waals surface area contributed by atoms with Gasteiger partial charge in [0.05, 0.1) is 6.54 Å². The van der Waals surface area contributed by atoms with Crippen LogP contribution in [-0.4, -0.2) is 61.1 Å². The Morgan fingerprint density at radius 3 is 2.86 bits per heavy atom. The number of guanidine groups is 1. The molecule has 29 heavy (non-hydrogen) atoms. The number of ether oxygens (including phenoxy) is 1. The highest BCUT2D eigenvalue weighted by atomic mass is 127. The monoisotopic (exact) mass is 535 g/mol. The second kappa shape index (κ2) is 12.4. The van der Waals surface area contributed by atoms with E-state index in [2.05, 4.69) is 20.6 Å². The molecule has 1 aromatic rings. The average Bonchev–Trinajstić information content (AvgIpc) is 3.20. The van der Waals surface area contributed by atoms with Gasteiger partial charge in [0.15, 0.2) is 5.96 Å². The number of nitrogens with one attached hydrogen (secondary N) is 2. The van der Waals surface area contributed by atoms with Gasteiger partial charge in [0, 0.05) is 38.3 Å². The molecule has 2 N–H and O–H groups in total. The average molecular weight is 536 g/mol. The van der Waals surface area contributed by atoms with Crippen LogP contribution in [0.5, 0.6) is 5.88 Å². The van der Waals surface area contributed by atoms with E-state index in [0.717, 1.165) is 32.4 Å². The number of hydrogen-bond acceptors (Lipinski definition) is 4. The zero-order chi connectivity index (χ0) is 19.8. The van der Waals surface area contributed by atoms with Crippen molar-refractivity contribution in [1.29, 1.82) is 0 Å². The third-order valence-electron chi connectivity index (χ3n) is 5.38. The van der Waals surface area contributed by atoms with E-state index in [1.807, 2.05) is 4.90 Å². The predicted octanol–water partition coefficient (Wildman–Crippen LogP) is 3.08. The molecule has 2 heterocycles. The van der Waals surface area contributed by atoms with Gasteiger partial charge in [-0.15, -0.1) is 24.0 Å². The maximum absolute atomic E-state index is 12.7. The topological polar surface area (TPSA) is 78.9 Å². The van der Waals surface area contributed by atoms with E-state index in [9.17, 15) is 4.79 Å². The quantitative estimate of drug-likeness (QED) is 0.253. The minimum atomic E-state index is 0. The summed E-state index contributed by atoms with van der Waals surface area (Å²) in [7, 11) is 1.74. The lowest BCUT2D eigenvalue weighted by atomic mass is 9.88. The van der Waals surface area contributed by atoms with Crippen LogP contribution >= 0.6 is 35.6 Å². The Morgan fingerprint density at radius 2 is 2.14 bits per heavy atom. The number of amides is 1. The molecule has 0 aromatic carbocycles. The van der Waals surface area contributed by atoms with Crippen LogP contribution in [0.3, 0.4) is 0 Å². The number of pyridine rings is 1. The zero-order valence-corrected chi connectivity index (χ0v) is 20.0. The first-order chi connectivity index (χ1) is 13.7. The van der Waals surface area contributed by atoms with Gasteiger partial charge in [-0.1, -0.05) is 30.9 Å². The number of carbonyl (C=O) groups is 1. The molecule has 2 fully saturated rings. The van der Waals surface area contributed by atoms with Crippen molar-refractivity contribution >= 4 is 47.4 Å². The molecule has 3 rings (SSSR count). The first-order valence-corrected chi connectivity index (χ1v) is 10.5. The first-order valence-electron chi connectivity index (χ1n) is 10.2. The van der Waals surface area contributed by atoms with Crippen molar-refractivity contribution in [2.45, 2.75) is 44.6 Å². The van der Waals surface area contributed by atoms with Crippen LogP contribution in [0, 0.1) is 5.92 Å². The number of hydrogen-bond donors (Lipinski definition) is 2.